The van der Waals surface area contributed by atoms with Crippen molar-refractivity contribution in [2.75, 3.05) is 0 Å². The molecule has 0 spiro atoms. The Bertz CT molecular complexity index is 1180. The van der Waals surface area contributed by atoms with E-state index in [9.17, 15) is 31.1 Å². The highest BCUT2D eigenvalue weighted by molar-refractivity contribution is 5.78. The number of halogens is 6. The third-order valence-electron chi connectivity index (χ3n) is 5.17. The van der Waals surface area contributed by atoms with Crippen molar-refractivity contribution < 1.29 is 49.9 Å². The van der Waals surface area contributed by atoms with Crippen LogP contribution in [0.15, 0.2) is 53.2 Å². The number of hydrogen-bond acceptors (Lipinski definition) is 7. The van der Waals surface area contributed by atoms with E-state index < -0.39 is 24.4 Å². The molecule has 2 atom stereocenters. The molecule has 186 valence electrons. The van der Waals surface area contributed by atoms with E-state index in [0.29, 0.717) is 30.4 Å². The first-order chi connectivity index (χ1) is 16.5. The minimum absolute atomic E-state index is 0.0110. The summed E-state index contributed by atoms with van der Waals surface area (Å²) in [6, 6.07) is 9.91. The number of alkyl halides is 6. The minimum Gasteiger partial charge on any atom is -0.474 e. The van der Waals surface area contributed by atoms with Crippen LogP contribution in [0, 0.1) is 0 Å². The van der Waals surface area contributed by atoms with E-state index in [1.165, 1.54) is 36.5 Å². The van der Waals surface area contributed by atoms with Gasteiger partial charge >= 0.3 is 18.5 Å². The number of benzene rings is 1. The first kappa shape index (κ1) is 24.4. The van der Waals surface area contributed by atoms with Crippen molar-refractivity contribution >= 4 is 5.97 Å². The van der Waals surface area contributed by atoms with Crippen molar-refractivity contribution in [3.63, 3.8) is 0 Å². The van der Waals surface area contributed by atoms with Gasteiger partial charge in [0, 0.05) is 17.8 Å². The Labute approximate surface area is 193 Å². The maximum Gasteiger partial charge on any atom is 0.573 e. The molecule has 7 nitrogen and oxygen atoms in total. The van der Waals surface area contributed by atoms with Gasteiger partial charge < -0.3 is 18.7 Å². The SMILES string of the molecule is O=C(Oc1cc(-c2ccc(OC3CCC(c4cccc(OC(F)(F)F)c4)C3)nc2)on1)C(F)(F)F. The summed E-state index contributed by atoms with van der Waals surface area (Å²) in [4.78, 5) is 15.0. The molecule has 0 saturated heterocycles. The molecule has 3 aromatic rings. The summed E-state index contributed by atoms with van der Waals surface area (Å²) < 4.78 is 93.0. The van der Waals surface area contributed by atoms with Crippen LogP contribution in [0.4, 0.5) is 26.3 Å². The highest BCUT2D eigenvalue weighted by Gasteiger charge is 2.42. The molecule has 1 aliphatic rings. The first-order valence-electron chi connectivity index (χ1n) is 10.2. The topological polar surface area (TPSA) is 83.7 Å². The Morgan fingerprint density at radius 3 is 2.49 bits per heavy atom. The molecule has 35 heavy (non-hydrogen) atoms. The van der Waals surface area contributed by atoms with Gasteiger partial charge in [0.1, 0.15) is 11.9 Å². The summed E-state index contributed by atoms with van der Waals surface area (Å²) in [6.45, 7) is 0. The predicted octanol–water partition coefficient (Wildman–Crippen LogP) is 5.82. The Morgan fingerprint density at radius 1 is 1.00 bits per heavy atom. The lowest BCUT2D eigenvalue weighted by Gasteiger charge is -2.15. The second kappa shape index (κ2) is 9.47. The van der Waals surface area contributed by atoms with E-state index in [-0.39, 0.29) is 29.4 Å². The number of aromatic nitrogens is 2. The molecule has 0 bridgehead atoms. The van der Waals surface area contributed by atoms with Gasteiger partial charge in [-0.3, -0.25) is 0 Å². The quantitative estimate of drug-likeness (QED) is 0.310. The lowest BCUT2D eigenvalue weighted by molar-refractivity contribution is -0.274. The molecular formula is C22H16F6N2O5. The largest absolute Gasteiger partial charge is 0.573 e. The summed E-state index contributed by atoms with van der Waals surface area (Å²) in [7, 11) is 0. The molecule has 2 heterocycles. The van der Waals surface area contributed by atoms with E-state index in [1.807, 2.05) is 0 Å². The standard InChI is InChI=1S/C22H16F6N2O5/c23-21(24,25)20(31)33-19-10-17(35-30-19)14-5-7-18(29-11-14)32-15-6-4-13(8-15)12-2-1-3-16(9-12)34-22(26,27)28/h1-3,5,7,9-11,13,15H,4,6,8H2. The van der Waals surface area contributed by atoms with E-state index in [1.54, 1.807) is 6.07 Å². The van der Waals surface area contributed by atoms with Crippen molar-refractivity contribution in [2.45, 2.75) is 43.8 Å². The molecular weight excluding hydrogens is 486 g/mol. The van der Waals surface area contributed by atoms with Crippen LogP contribution in [0.2, 0.25) is 0 Å². The number of carbonyl (C=O) groups is 1. The number of hydrogen-bond donors (Lipinski definition) is 0. The van der Waals surface area contributed by atoms with Gasteiger partial charge in [0.2, 0.25) is 5.88 Å². The smallest absolute Gasteiger partial charge is 0.474 e. The second-order valence-electron chi connectivity index (χ2n) is 7.67. The molecule has 1 aliphatic carbocycles. The summed E-state index contributed by atoms with van der Waals surface area (Å²) in [5.41, 5.74) is 1.07. The highest BCUT2D eigenvalue weighted by atomic mass is 19.4. The minimum atomic E-state index is -5.17. The van der Waals surface area contributed by atoms with Crippen LogP contribution in [0.1, 0.15) is 30.7 Å². The van der Waals surface area contributed by atoms with Crippen LogP contribution >= 0.6 is 0 Å². The van der Waals surface area contributed by atoms with Gasteiger partial charge in [0.15, 0.2) is 5.76 Å². The maximum absolute atomic E-state index is 12.5. The molecule has 0 N–H and O–H groups in total. The maximum atomic E-state index is 12.5. The van der Waals surface area contributed by atoms with Crippen LogP contribution in [-0.2, 0) is 4.79 Å². The number of ether oxygens (including phenoxy) is 3. The number of nitrogens with zero attached hydrogens (tertiary/aromatic N) is 2. The normalized spacial score (nSPS) is 18.3. The monoisotopic (exact) mass is 502 g/mol. The van der Waals surface area contributed by atoms with E-state index >= 15 is 0 Å². The van der Waals surface area contributed by atoms with Crippen molar-refractivity contribution in [1.82, 2.24) is 10.1 Å². The van der Waals surface area contributed by atoms with Gasteiger partial charge in [-0.15, -0.1) is 13.2 Å². The fraction of sp³-hybridized carbons (Fsp3) is 0.318. The molecule has 0 aliphatic heterocycles. The fourth-order valence-electron chi connectivity index (χ4n) is 3.68. The number of pyridine rings is 1. The van der Waals surface area contributed by atoms with E-state index in [2.05, 4.69) is 19.6 Å². The zero-order valence-corrected chi connectivity index (χ0v) is 17.6. The number of esters is 1. The lowest BCUT2D eigenvalue weighted by atomic mass is 9.97. The van der Waals surface area contributed by atoms with E-state index in [0.717, 1.165) is 6.07 Å². The van der Waals surface area contributed by atoms with Gasteiger partial charge in [-0.05, 0) is 54.1 Å². The van der Waals surface area contributed by atoms with E-state index in [4.69, 9.17) is 9.26 Å². The predicted molar refractivity (Wildman–Crippen MR) is 106 cm³/mol. The molecule has 1 saturated carbocycles. The van der Waals surface area contributed by atoms with Crippen LogP contribution < -0.4 is 14.2 Å². The molecule has 2 unspecified atom stereocenters. The molecule has 1 aromatic carbocycles. The molecule has 0 radical (unpaired) electrons. The molecule has 2 aromatic heterocycles. The number of carbonyl (C=O) groups excluding carboxylic acids is 1. The van der Waals surface area contributed by atoms with Crippen molar-refractivity contribution in [3.05, 3.63) is 54.2 Å². The van der Waals surface area contributed by atoms with Gasteiger partial charge in [-0.25, -0.2) is 9.78 Å². The summed E-state index contributed by atoms with van der Waals surface area (Å²) >= 11 is 0. The Hall–Kier alpha value is -3.77. The van der Waals surface area contributed by atoms with Gasteiger partial charge in [-0.2, -0.15) is 13.2 Å². The van der Waals surface area contributed by atoms with Crippen LogP contribution in [0.5, 0.6) is 17.5 Å². The Morgan fingerprint density at radius 2 is 1.80 bits per heavy atom. The third kappa shape index (κ3) is 6.43. The molecule has 1 fully saturated rings. The Kier molecular flexibility index (Phi) is 6.59. The van der Waals surface area contributed by atoms with Crippen molar-refractivity contribution in [1.29, 1.82) is 0 Å². The zero-order chi connectivity index (χ0) is 25.2. The summed E-state index contributed by atoms with van der Waals surface area (Å²) in [5, 5.41) is 3.27. The lowest BCUT2D eigenvalue weighted by Crippen LogP contribution is -2.28. The van der Waals surface area contributed by atoms with Crippen LogP contribution in [0.3, 0.4) is 0 Å². The number of rotatable bonds is 6. The highest BCUT2D eigenvalue weighted by Crippen LogP contribution is 2.38. The average Bonchev–Trinajstić information content (AvgIpc) is 3.43. The molecule has 4 rings (SSSR count). The fourth-order valence-corrected chi connectivity index (χ4v) is 3.68. The first-order valence-corrected chi connectivity index (χ1v) is 10.2. The Balaban J connectivity index is 1.34. The second-order valence-corrected chi connectivity index (χ2v) is 7.67. The zero-order valence-electron chi connectivity index (χ0n) is 17.6. The van der Waals surface area contributed by atoms with Crippen LogP contribution in [0.25, 0.3) is 11.3 Å². The van der Waals surface area contributed by atoms with Crippen LogP contribution in [-0.4, -0.2) is 34.8 Å². The van der Waals surface area contributed by atoms with Gasteiger partial charge in [-0.1, -0.05) is 12.1 Å². The summed E-state index contributed by atoms with van der Waals surface area (Å²) in [6.07, 6.45) is -6.88. The van der Waals surface area contributed by atoms with Crippen molar-refractivity contribution in [3.8, 4) is 28.8 Å². The van der Waals surface area contributed by atoms with Gasteiger partial charge in [0.05, 0.1) is 6.07 Å². The molecule has 0 amide bonds. The molecule has 13 heteroatoms. The van der Waals surface area contributed by atoms with Crippen molar-refractivity contribution in [2.24, 2.45) is 0 Å². The van der Waals surface area contributed by atoms with Gasteiger partial charge in [0.25, 0.3) is 5.88 Å². The third-order valence-corrected chi connectivity index (χ3v) is 5.17. The summed E-state index contributed by atoms with van der Waals surface area (Å²) in [5.74, 6) is -3.06. The average molecular weight is 502 g/mol.